The van der Waals surface area contributed by atoms with Crippen molar-refractivity contribution in [3.05, 3.63) is 52.2 Å². The Bertz CT molecular complexity index is 768. The zero-order valence-electron chi connectivity index (χ0n) is 15.0. The monoisotopic (exact) mass is 368 g/mol. The van der Waals surface area contributed by atoms with Crippen LogP contribution in [0.15, 0.2) is 41.8 Å². The van der Waals surface area contributed by atoms with Gasteiger partial charge in [0.25, 0.3) is 0 Å². The molecule has 1 aromatic carbocycles. The number of hydrogen-bond donors (Lipinski definition) is 1. The molecule has 0 spiro atoms. The number of carbonyl (C=O) groups is 1. The van der Waals surface area contributed by atoms with E-state index in [1.165, 1.54) is 4.88 Å². The number of carbonyl (C=O) groups excluding carboxylic acids is 1. The highest BCUT2D eigenvalue weighted by molar-refractivity contribution is 7.09. The van der Waals surface area contributed by atoms with E-state index in [2.05, 4.69) is 21.2 Å². The Labute approximate surface area is 158 Å². The van der Waals surface area contributed by atoms with Gasteiger partial charge in [-0.3, -0.25) is 9.69 Å². The number of anilines is 1. The molecule has 1 atom stereocenters. The Morgan fingerprint density at radius 3 is 2.85 bits per heavy atom. The van der Waals surface area contributed by atoms with Crippen LogP contribution >= 0.6 is 11.3 Å². The van der Waals surface area contributed by atoms with E-state index in [4.69, 9.17) is 0 Å². The first kappa shape index (κ1) is 18.4. The zero-order chi connectivity index (χ0) is 18.4. The van der Waals surface area contributed by atoms with E-state index < -0.39 is 0 Å². The predicted octanol–water partition coefficient (Wildman–Crippen LogP) is 2.84. The van der Waals surface area contributed by atoms with Crippen LogP contribution in [0, 0.1) is 11.3 Å². The van der Waals surface area contributed by atoms with E-state index in [1.807, 2.05) is 48.7 Å². The lowest BCUT2D eigenvalue weighted by Crippen LogP contribution is -2.46. The van der Waals surface area contributed by atoms with Gasteiger partial charge in [0.1, 0.15) is 6.07 Å². The van der Waals surface area contributed by atoms with Crippen LogP contribution in [0.4, 0.5) is 5.69 Å². The van der Waals surface area contributed by atoms with E-state index in [9.17, 15) is 10.1 Å². The minimum Gasteiger partial charge on any atom is -0.369 e. The maximum absolute atomic E-state index is 12.5. The van der Waals surface area contributed by atoms with Crippen LogP contribution in [0.1, 0.15) is 23.8 Å². The van der Waals surface area contributed by atoms with Crippen molar-refractivity contribution in [3.63, 3.8) is 0 Å². The Balaban J connectivity index is 1.57. The summed E-state index contributed by atoms with van der Waals surface area (Å²) < 4.78 is 0. The number of hydrogen-bond acceptors (Lipinski definition) is 5. The molecule has 136 valence electrons. The second kappa shape index (κ2) is 8.84. The van der Waals surface area contributed by atoms with E-state index >= 15 is 0 Å². The van der Waals surface area contributed by atoms with Crippen molar-refractivity contribution in [1.82, 2.24) is 10.2 Å². The van der Waals surface area contributed by atoms with Crippen LogP contribution in [-0.2, 0) is 11.3 Å². The van der Waals surface area contributed by atoms with Crippen molar-refractivity contribution in [2.45, 2.75) is 25.9 Å². The minimum absolute atomic E-state index is 0.0734. The first-order valence-corrected chi connectivity index (χ1v) is 9.85. The zero-order valence-corrected chi connectivity index (χ0v) is 15.8. The van der Waals surface area contributed by atoms with E-state index in [0.717, 1.165) is 38.3 Å². The van der Waals surface area contributed by atoms with Crippen molar-refractivity contribution < 1.29 is 4.79 Å². The summed E-state index contributed by atoms with van der Waals surface area (Å²) in [6.07, 6.45) is 0.975. The molecule has 2 heterocycles. The summed E-state index contributed by atoms with van der Waals surface area (Å²) in [6.45, 7) is 5.99. The second-order valence-corrected chi connectivity index (χ2v) is 7.51. The number of nitriles is 1. The molecule has 1 N–H and O–H groups in total. The molecule has 0 bridgehead atoms. The SMILES string of the molecule is CC(C(=O)NCc1cccs1)N1CCCN(c2ccccc2C#N)CC1. The molecule has 1 fully saturated rings. The van der Waals surface area contributed by atoms with Gasteiger partial charge >= 0.3 is 0 Å². The molecule has 0 radical (unpaired) electrons. The summed E-state index contributed by atoms with van der Waals surface area (Å²) in [7, 11) is 0. The van der Waals surface area contributed by atoms with Gasteiger partial charge in [0.15, 0.2) is 0 Å². The van der Waals surface area contributed by atoms with Crippen LogP contribution in [0.25, 0.3) is 0 Å². The summed E-state index contributed by atoms with van der Waals surface area (Å²) >= 11 is 1.66. The van der Waals surface area contributed by atoms with Gasteiger partial charge in [-0.1, -0.05) is 18.2 Å². The molecule has 1 aromatic heterocycles. The van der Waals surface area contributed by atoms with Crippen LogP contribution in [0.3, 0.4) is 0 Å². The minimum atomic E-state index is -0.152. The molecule has 0 aliphatic carbocycles. The first-order valence-electron chi connectivity index (χ1n) is 8.97. The van der Waals surface area contributed by atoms with Crippen molar-refractivity contribution in [2.24, 2.45) is 0 Å². The average Bonchev–Trinajstić information content (AvgIpc) is 3.08. The number of rotatable bonds is 5. The molecule has 0 saturated carbocycles. The summed E-state index contributed by atoms with van der Waals surface area (Å²) in [4.78, 5) is 18.2. The Morgan fingerprint density at radius 2 is 2.08 bits per heavy atom. The highest BCUT2D eigenvalue weighted by atomic mass is 32.1. The molecule has 1 aliphatic heterocycles. The maximum atomic E-state index is 12.5. The molecule has 5 nitrogen and oxygen atoms in total. The third-order valence-corrected chi connectivity index (χ3v) is 5.72. The summed E-state index contributed by atoms with van der Waals surface area (Å²) in [5.41, 5.74) is 1.70. The van der Waals surface area contributed by atoms with Crippen LogP contribution in [0.2, 0.25) is 0 Å². The molecule has 26 heavy (non-hydrogen) atoms. The second-order valence-electron chi connectivity index (χ2n) is 6.48. The molecule has 3 rings (SSSR count). The highest BCUT2D eigenvalue weighted by Crippen LogP contribution is 2.21. The lowest BCUT2D eigenvalue weighted by molar-refractivity contribution is -0.126. The first-order chi connectivity index (χ1) is 12.7. The van der Waals surface area contributed by atoms with Crippen molar-refractivity contribution in [1.29, 1.82) is 5.26 Å². The van der Waals surface area contributed by atoms with Crippen molar-refractivity contribution in [3.8, 4) is 6.07 Å². The lowest BCUT2D eigenvalue weighted by Gasteiger charge is -2.27. The van der Waals surface area contributed by atoms with E-state index in [0.29, 0.717) is 12.1 Å². The summed E-state index contributed by atoms with van der Waals surface area (Å²) in [5, 5.41) is 14.4. The van der Waals surface area contributed by atoms with Gasteiger partial charge in [-0.2, -0.15) is 5.26 Å². The Hall–Kier alpha value is -2.36. The average molecular weight is 369 g/mol. The third-order valence-electron chi connectivity index (χ3n) is 4.84. The topological polar surface area (TPSA) is 59.4 Å². The molecule has 6 heteroatoms. The Morgan fingerprint density at radius 1 is 1.23 bits per heavy atom. The van der Waals surface area contributed by atoms with Crippen LogP contribution in [-0.4, -0.2) is 43.0 Å². The number of amides is 1. The molecule has 2 aromatic rings. The molecule has 1 unspecified atom stereocenters. The number of thiophene rings is 1. The standard InChI is InChI=1S/C20H24N4OS/c1-16(20(25)22-15-18-7-4-13-26-18)23-9-5-10-24(12-11-23)19-8-3-2-6-17(19)14-21/h2-4,6-8,13,16H,5,9-12,15H2,1H3,(H,22,25). The molecule has 1 saturated heterocycles. The van der Waals surface area contributed by atoms with Gasteiger partial charge in [0.05, 0.1) is 23.8 Å². The van der Waals surface area contributed by atoms with Crippen molar-refractivity contribution >= 4 is 22.9 Å². The highest BCUT2D eigenvalue weighted by Gasteiger charge is 2.24. The number of para-hydroxylation sites is 1. The fraction of sp³-hybridized carbons (Fsp3) is 0.400. The van der Waals surface area contributed by atoms with E-state index in [-0.39, 0.29) is 11.9 Å². The van der Waals surface area contributed by atoms with Gasteiger partial charge in [0, 0.05) is 31.1 Å². The predicted molar refractivity (Wildman–Crippen MR) is 105 cm³/mol. The molecular weight excluding hydrogens is 344 g/mol. The fourth-order valence-electron chi connectivity index (χ4n) is 3.31. The van der Waals surface area contributed by atoms with Crippen LogP contribution < -0.4 is 10.2 Å². The van der Waals surface area contributed by atoms with Gasteiger partial charge in [-0.25, -0.2) is 0 Å². The Kier molecular flexibility index (Phi) is 6.26. The van der Waals surface area contributed by atoms with Crippen molar-refractivity contribution in [2.75, 3.05) is 31.1 Å². The number of benzene rings is 1. The van der Waals surface area contributed by atoms with Crippen LogP contribution in [0.5, 0.6) is 0 Å². The normalized spacial score (nSPS) is 16.5. The maximum Gasteiger partial charge on any atom is 0.237 e. The van der Waals surface area contributed by atoms with E-state index in [1.54, 1.807) is 11.3 Å². The molecule has 1 aliphatic rings. The van der Waals surface area contributed by atoms with Gasteiger partial charge in [-0.05, 0) is 36.9 Å². The van der Waals surface area contributed by atoms with Gasteiger partial charge < -0.3 is 10.2 Å². The number of nitrogens with one attached hydrogen (secondary N) is 1. The number of nitrogens with zero attached hydrogens (tertiary/aromatic N) is 3. The quantitative estimate of drug-likeness (QED) is 0.882. The fourth-order valence-corrected chi connectivity index (χ4v) is 3.96. The summed E-state index contributed by atoms with van der Waals surface area (Å²) in [6, 6.07) is 13.9. The summed E-state index contributed by atoms with van der Waals surface area (Å²) in [5.74, 6) is 0.0734. The lowest BCUT2D eigenvalue weighted by atomic mass is 10.1. The smallest absolute Gasteiger partial charge is 0.237 e. The van der Waals surface area contributed by atoms with Gasteiger partial charge in [-0.15, -0.1) is 11.3 Å². The third kappa shape index (κ3) is 4.43. The van der Waals surface area contributed by atoms with Gasteiger partial charge in [0.2, 0.25) is 5.91 Å². The largest absolute Gasteiger partial charge is 0.369 e. The molecular formula is C20H24N4OS. The molecule has 1 amide bonds.